The first-order chi connectivity index (χ1) is 12.3. The summed E-state index contributed by atoms with van der Waals surface area (Å²) in [5, 5.41) is 2.85. The van der Waals surface area contributed by atoms with E-state index in [0.29, 0.717) is 5.75 Å². The zero-order valence-electron chi connectivity index (χ0n) is 15.1. The second kappa shape index (κ2) is 8.20. The fourth-order valence-electron chi connectivity index (χ4n) is 2.52. The Labute approximate surface area is 153 Å². The molecule has 2 aromatic carbocycles. The van der Waals surface area contributed by atoms with Gasteiger partial charge >= 0.3 is 0 Å². The van der Waals surface area contributed by atoms with Crippen molar-refractivity contribution < 1.29 is 22.7 Å². The van der Waals surface area contributed by atoms with Crippen LogP contribution in [0.4, 0.5) is 0 Å². The van der Waals surface area contributed by atoms with Gasteiger partial charge in [-0.15, -0.1) is 0 Å². The molecule has 0 aliphatic rings. The first kappa shape index (κ1) is 19.7. The average Bonchev–Trinajstić information content (AvgIpc) is 2.67. The number of hydrogen-bond donors (Lipinski definition) is 2. The number of hydrogen-bond acceptors (Lipinski definition) is 5. The molecule has 2 aromatic rings. The van der Waals surface area contributed by atoms with Gasteiger partial charge in [0.05, 0.1) is 20.3 Å². The molecule has 8 heteroatoms. The number of sulfonamides is 1. The maximum atomic E-state index is 12.6. The molecule has 2 rings (SSSR count). The molecule has 0 aromatic heterocycles. The van der Waals surface area contributed by atoms with Gasteiger partial charge in [0.15, 0.2) is 0 Å². The molecule has 0 bridgehead atoms. The monoisotopic (exact) mass is 378 g/mol. The number of carbonyl (C=O) groups is 1. The van der Waals surface area contributed by atoms with E-state index in [4.69, 9.17) is 9.47 Å². The lowest BCUT2D eigenvalue weighted by Gasteiger charge is -2.18. The summed E-state index contributed by atoms with van der Waals surface area (Å²) in [4.78, 5) is 12.5. The largest absolute Gasteiger partial charge is 0.496 e. The number of ether oxygens (including phenoxy) is 2. The van der Waals surface area contributed by atoms with E-state index in [1.807, 2.05) is 31.2 Å². The molecule has 2 N–H and O–H groups in total. The van der Waals surface area contributed by atoms with Gasteiger partial charge in [0, 0.05) is 11.1 Å². The lowest BCUT2D eigenvalue weighted by atomic mass is 10.1. The van der Waals surface area contributed by atoms with E-state index in [1.165, 1.54) is 32.4 Å². The molecule has 1 atom stereocenters. The summed E-state index contributed by atoms with van der Waals surface area (Å²) in [5.74, 6) is 0.417. The highest BCUT2D eigenvalue weighted by atomic mass is 32.2. The average molecular weight is 378 g/mol. The Bertz CT molecular complexity index is 896. The SMILES string of the molecule is CNS(=O)(=O)c1cc(C(=O)N[C@@H](C)c2ccccc2OC)ccc1OC. The maximum Gasteiger partial charge on any atom is 0.251 e. The molecule has 140 valence electrons. The van der Waals surface area contributed by atoms with Gasteiger partial charge in [-0.25, -0.2) is 13.1 Å². The molecule has 0 fully saturated rings. The molecule has 7 nitrogen and oxygen atoms in total. The lowest BCUT2D eigenvalue weighted by molar-refractivity contribution is 0.0939. The lowest BCUT2D eigenvalue weighted by Crippen LogP contribution is -2.27. The molecule has 1 amide bonds. The Morgan fingerprint density at radius 3 is 2.31 bits per heavy atom. The highest BCUT2D eigenvalue weighted by Gasteiger charge is 2.21. The quantitative estimate of drug-likeness (QED) is 0.770. The van der Waals surface area contributed by atoms with Crippen molar-refractivity contribution in [1.82, 2.24) is 10.0 Å². The second-order valence-electron chi connectivity index (χ2n) is 5.51. The molecule has 0 unspecified atom stereocenters. The number of rotatable bonds is 7. The standard InChI is InChI=1S/C18H22N2O5S/c1-12(14-7-5-6-8-15(14)24-3)20-18(21)13-9-10-16(25-4)17(11-13)26(22,23)19-2/h5-12,19H,1-4H3,(H,20,21)/t12-/m0/s1. The molecule has 26 heavy (non-hydrogen) atoms. The predicted molar refractivity (Wildman–Crippen MR) is 98.1 cm³/mol. The molecular formula is C18H22N2O5S. The van der Waals surface area contributed by atoms with Gasteiger partial charge in [0.2, 0.25) is 10.0 Å². The first-order valence-electron chi connectivity index (χ1n) is 7.89. The summed E-state index contributed by atoms with van der Waals surface area (Å²) in [5.41, 5.74) is 1.03. The third-order valence-corrected chi connectivity index (χ3v) is 5.37. The van der Waals surface area contributed by atoms with E-state index >= 15 is 0 Å². The summed E-state index contributed by atoms with van der Waals surface area (Å²) in [7, 11) is 0.463. The van der Waals surface area contributed by atoms with Crippen LogP contribution in [0.3, 0.4) is 0 Å². The van der Waals surface area contributed by atoms with Crippen LogP contribution in [0, 0.1) is 0 Å². The van der Waals surface area contributed by atoms with Crippen LogP contribution in [0.1, 0.15) is 28.9 Å². The highest BCUT2D eigenvalue weighted by Crippen LogP contribution is 2.27. The summed E-state index contributed by atoms with van der Waals surface area (Å²) in [6.07, 6.45) is 0. The normalized spacial score (nSPS) is 12.3. The fraction of sp³-hybridized carbons (Fsp3) is 0.278. The maximum absolute atomic E-state index is 12.6. The van der Waals surface area contributed by atoms with Gasteiger partial charge in [-0.05, 0) is 38.2 Å². The van der Waals surface area contributed by atoms with Gasteiger partial charge in [0.1, 0.15) is 16.4 Å². The van der Waals surface area contributed by atoms with E-state index < -0.39 is 15.9 Å². The number of methoxy groups -OCH3 is 2. The minimum Gasteiger partial charge on any atom is -0.496 e. The molecule has 0 heterocycles. The van der Waals surface area contributed by atoms with Gasteiger partial charge in [-0.1, -0.05) is 18.2 Å². The molecule has 0 aliphatic carbocycles. The van der Waals surface area contributed by atoms with E-state index in [9.17, 15) is 13.2 Å². The van der Waals surface area contributed by atoms with Crippen LogP contribution in [0.25, 0.3) is 0 Å². The number of nitrogens with one attached hydrogen (secondary N) is 2. The number of carbonyl (C=O) groups excluding carboxylic acids is 1. The second-order valence-corrected chi connectivity index (χ2v) is 7.37. The fourth-order valence-corrected chi connectivity index (χ4v) is 3.44. The summed E-state index contributed by atoms with van der Waals surface area (Å²) in [6.45, 7) is 1.82. The van der Waals surface area contributed by atoms with E-state index in [1.54, 1.807) is 7.11 Å². The van der Waals surface area contributed by atoms with Crippen LogP contribution in [0.5, 0.6) is 11.5 Å². The van der Waals surface area contributed by atoms with Crippen LogP contribution in [0.15, 0.2) is 47.4 Å². The number of benzene rings is 2. The Kier molecular flexibility index (Phi) is 6.23. The zero-order valence-corrected chi connectivity index (χ0v) is 15.9. The Hall–Kier alpha value is -2.58. The van der Waals surface area contributed by atoms with Gasteiger partial charge < -0.3 is 14.8 Å². The van der Waals surface area contributed by atoms with Crippen molar-refractivity contribution in [1.29, 1.82) is 0 Å². The minimum atomic E-state index is -3.76. The van der Waals surface area contributed by atoms with Crippen molar-refractivity contribution in [2.45, 2.75) is 17.9 Å². The number of para-hydroxylation sites is 1. The van der Waals surface area contributed by atoms with Gasteiger partial charge in [-0.3, -0.25) is 4.79 Å². The van der Waals surface area contributed by atoms with E-state index in [0.717, 1.165) is 5.56 Å². The molecule has 0 spiro atoms. The summed E-state index contributed by atoms with van der Waals surface area (Å²) >= 11 is 0. The first-order valence-corrected chi connectivity index (χ1v) is 9.37. The van der Waals surface area contributed by atoms with Crippen molar-refractivity contribution >= 4 is 15.9 Å². The zero-order chi connectivity index (χ0) is 19.3. The smallest absolute Gasteiger partial charge is 0.251 e. The number of amides is 1. The van der Waals surface area contributed by atoms with Crippen LogP contribution < -0.4 is 19.5 Å². The Morgan fingerprint density at radius 1 is 1.04 bits per heavy atom. The van der Waals surface area contributed by atoms with Crippen molar-refractivity contribution in [3.05, 3.63) is 53.6 Å². The summed E-state index contributed by atoms with van der Waals surface area (Å²) in [6, 6.07) is 11.3. The van der Waals surface area contributed by atoms with E-state index in [-0.39, 0.29) is 22.3 Å². The predicted octanol–water partition coefficient (Wildman–Crippen LogP) is 2.10. The minimum absolute atomic E-state index is 0.0971. The van der Waals surface area contributed by atoms with Crippen molar-refractivity contribution in [2.75, 3.05) is 21.3 Å². The molecule has 0 saturated carbocycles. The Balaban J connectivity index is 2.31. The molecule has 0 aliphatic heterocycles. The molecule has 0 saturated heterocycles. The van der Waals surface area contributed by atoms with Crippen LogP contribution in [-0.2, 0) is 10.0 Å². The van der Waals surface area contributed by atoms with Crippen molar-refractivity contribution in [3.8, 4) is 11.5 Å². The summed E-state index contributed by atoms with van der Waals surface area (Å²) < 4.78 is 36.9. The van der Waals surface area contributed by atoms with Crippen LogP contribution in [-0.4, -0.2) is 35.6 Å². The Morgan fingerprint density at radius 2 is 1.69 bits per heavy atom. The molecule has 0 radical (unpaired) electrons. The van der Waals surface area contributed by atoms with E-state index in [2.05, 4.69) is 10.0 Å². The van der Waals surface area contributed by atoms with Crippen LogP contribution in [0.2, 0.25) is 0 Å². The van der Waals surface area contributed by atoms with Crippen molar-refractivity contribution in [3.63, 3.8) is 0 Å². The highest BCUT2D eigenvalue weighted by molar-refractivity contribution is 7.89. The van der Waals surface area contributed by atoms with Crippen molar-refractivity contribution in [2.24, 2.45) is 0 Å². The van der Waals surface area contributed by atoms with Crippen LogP contribution >= 0.6 is 0 Å². The third kappa shape index (κ3) is 4.14. The van der Waals surface area contributed by atoms with Gasteiger partial charge in [0.25, 0.3) is 5.91 Å². The van der Waals surface area contributed by atoms with Gasteiger partial charge in [-0.2, -0.15) is 0 Å². The molecular weight excluding hydrogens is 356 g/mol. The third-order valence-electron chi connectivity index (χ3n) is 3.94. The topological polar surface area (TPSA) is 93.7 Å².